The Labute approximate surface area is 225 Å². The fourth-order valence-corrected chi connectivity index (χ4v) is 5.25. The number of hydrogen-bond donors (Lipinski definition) is 3. The number of amides is 1. The highest BCUT2D eigenvalue weighted by atomic mass is 16.5. The minimum atomic E-state index is -0.666. The third-order valence-electron chi connectivity index (χ3n) is 7.63. The highest BCUT2D eigenvalue weighted by Gasteiger charge is 2.28. The molecule has 1 aromatic heterocycles. The molecule has 0 bridgehead atoms. The summed E-state index contributed by atoms with van der Waals surface area (Å²) in [7, 11) is 0. The van der Waals surface area contributed by atoms with E-state index in [-0.39, 0.29) is 24.0 Å². The number of nitrogens with zero attached hydrogens (tertiary/aromatic N) is 5. The highest BCUT2D eigenvalue weighted by molar-refractivity contribution is 5.93. The van der Waals surface area contributed by atoms with Gasteiger partial charge in [-0.05, 0) is 38.3 Å². The van der Waals surface area contributed by atoms with Gasteiger partial charge in [0.05, 0.1) is 25.4 Å². The quantitative estimate of drug-likeness (QED) is 0.473. The third kappa shape index (κ3) is 6.61. The average molecular weight is 524 g/mol. The molecule has 0 radical (unpaired) electrons. The molecule has 0 unspecified atom stereocenters. The molecule has 2 saturated heterocycles. The predicted molar refractivity (Wildman–Crippen MR) is 148 cm³/mol. The summed E-state index contributed by atoms with van der Waals surface area (Å²) >= 11 is 0. The van der Waals surface area contributed by atoms with Crippen LogP contribution in [0, 0.1) is 0 Å². The van der Waals surface area contributed by atoms with Crippen LogP contribution < -0.4 is 15.5 Å². The lowest BCUT2D eigenvalue weighted by Crippen LogP contribution is -2.53. The summed E-state index contributed by atoms with van der Waals surface area (Å²) in [5.41, 5.74) is 3.10. The Morgan fingerprint density at radius 2 is 1.84 bits per heavy atom. The molecule has 3 aliphatic heterocycles. The molecule has 0 saturated carbocycles. The normalized spacial score (nSPS) is 19.9. The van der Waals surface area contributed by atoms with Crippen LogP contribution in [0.3, 0.4) is 0 Å². The smallest absolute Gasteiger partial charge is 0.270 e. The molecular formula is C28H41N7O3. The van der Waals surface area contributed by atoms with E-state index >= 15 is 0 Å². The van der Waals surface area contributed by atoms with E-state index < -0.39 is 6.10 Å². The van der Waals surface area contributed by atoms with E-state index in [1.54, 1.807) is 6.07 Å². The van der Waals surface area contributed by atoms with Gasteiger partial charge in [0.2, 0.25) is 5.95 Å². The van der Waals surface area contributed by atoms with Crippen molar-refractivity contribution in [2.24, 2.45) is 0 Å². The average Bonchev–Trinajstić information content (AvgIpc) is 2.89. The second kappa shape index (κ2) is 11.5. The molecular weight excluding hydrogens is 482 g/mol. The Hall–Kier alpha value is -2.79. The van der Waals surface area contributed by atoms with E-state index in [2.05, 4.69) is 75.4 Å². The number of benzene rings is 1. The van der Waals surface area contributed by atoms with Gasteiger partial charge < -0.3 is 25.4 Å². The van der Waals surface area contributed by atoms with Crippen LogP contribution in [0.1, 0.15) is 42.4 Å². The standard InChI is InChI=1S/C28H41N7O3/c1-28(2,3)35-12-10-34(11-13-35)27-31-24(14-25(32-27)30-22-18-38-19-22)26(37)29-15-23(36)17-33-9-8-20-6-4-5-7-21(20)16-33/h4-7,14,22-23,36H,8-13,15-19H2,1-3H3,(H,29,37)(H,30,31,32)/t23-/m0/s1. The maximum absolute atomic E-state index is 13.1. The number of hydrogen-bond acceptors (Lipinski definition) is 9. The van der Waals surface area contributed by atoms with Crippen molar-refractivity contribution in [3.8, 4) is 0 Å². The molecule has 10 nitrogen and oxygen atoms in total. The largest absolute Gasteiger partial charge is 0.390 e. The number of aliphatic hydroxyl groups is 1. The van der Waals surface area contributed by atoms with Crippen LogP contribution in [-0.4, -0.2) is 107 Å². The van der Waals surface area contributed by atoms with Gasteiger partial charge in [-0.2, -0.15) is 4.98 Å². The molecule has 5 rings (SSSR count). The van der Waals surface area contributed by atoms with Gasteiger partial charge in [-0.15, -0.1) is 0 Å². The first-order valence-electron chi connectivity index (χ1n) is 13.7. The molecule has 1 atom stereocenters. The number of piperazine rings is 1. The predicted octanol–water partition coefficient (Wildman–Crippen LogP) is 1.36. The number of anilines is 2. The minimum Gasteiger partial charge on any atom is -0.390 e. The number of nitrogens with one attached hydrogen (secondary N) is 2. The summed E-state index contributed by atoms with van der Waals surface area (Å²) < 4.78 is 5.29. The molecule has 206 valence electrons. The first-order chi connectivity index (χ1) is 18.2. The van der Waals surface area contributed by atoms with Crippen molar-refractivity contribution >= 4 is 17.7 Å². The van der Waals surface area contributed by atoms with Gasteiger partial charge in [-0.3, -0.25) is 14.6 Å². The van der Waals surface area contributed by atoms with Crippen LogP contribution in [0.2, 0.25) is 0 Å². The van der Waals surface area contributed by atoms with Gasteiger partial charge in [0, 0.05) is 64.0 Å². The Balaban J connectivity index is 1.20. The highest BCUT2D eigenvalue weighted by Crippen LogP contribution is 2.22. The summed E-state index contributed by atoms with van der Waals surface area (Å²) in [5, 5.41) is 16.9. The van der Waals surface area contributed by atoms with Gasteiger partial charge in [-0.25, -0.2) is 4.98 Å². The number of aliphatic hydroxyl groups excluding tert-OH is 1. The number of rotatable bonds is 8. The molecule has 3 N–H and O–H groups in total. The lowest BCUT2D eigenvalue weighted by atomic mass is 10.00. The maximum Gasteiger partial charge on any atom is 0.270 e. The van der Waals surface area contributed by atoms with E-state index in [1.807, 2.05) is 0 Å². The molecule has 1 aromatic carbocycles. The van der Waals surface area contributed by atoms with Crippen LogP contribution in [0.5, 0.6) is 0 Å². The van der Waals surface area contributed by atoms with Crippen molar-refractivity contribution in [1.82, 2.24) is 25.1 Å². The monoisotopic (exact) mass is 523 g/mol. The summed E-state index contributed by atoms with van der Waals surface area (Å²) in [6, 6.07) is 10.3. The second-order valence-electron chi connectivity index (χ2n) is 11.6. The van der Waals surface area contributed by atoms with Crippen molar-refractivity contribution < 1.29 is 14.6 Å². The van der Waals surface area contributed by atoms with E-state index in [1.165, 1.54) is 11.1 Å². The zero-order valence-electron chi connectivity index (χ0n) is 22.8. The number of carbonyl (C=O) groups is 1. The first kappa shape index (κ1) is 26.8. The van der Waals surface area contributed by atoms with Crippen LogP contribution in [-0.2, 0) is 17.7 Å². The van der Waals surface area contributed by atoms with Crippen molar-refractivity contribution in [1.29, 1.82) is 0 Å². The molecule has 4 heterocycles. The Bertz CT molecular complexity index is 1110. The van der Waals surface area contributed by atoms with Gasteiger partial charge in [0.15, 0.2) is 0 Å². The first-order valence-corrected chi connectivity index (χ1v) is 13.7. The maximum atomic E-state index is 13.1. The lowest BCUT2D eigenvalue weighted by Gasteiger charge is -2.42. The minimum absolute atomic E-state index is 0.115. The molecule has 10 heteroatoms. The Morgan fingerprint density at radius 1 is 1.11 bits per heavy atom. The summed E-state index contributed by atoms with van der Waals surface area (Å²) in [6.45, 7) is 13.7. The molecule has 0 aliphatic carbocycles. The summed E-state index contributed by atoms with van der Waals surface area (Å²) in [5.74, 6) is 0.874. The summed E-state index contributed by atoms with van der Waals surface area (Å²) in [6.07, 6.45) is 0.311. The Morgan fingerprint density at radius 3 is 2.53 bits per heavy atom. The zero-order chi connectivity index (χ0) is 26.7. The van der Waals surface area contributed by atoms with E-state index in [4.69, 9.17) is 9.72 Å². The molecule has 0 spiro atoms. The number of fused-ring (bicyclic) bond motifs is 1. The van der Waals surface area contributed by atoms with Crippen molar-refractivity contribution in [2.45, 2.75) is 51.4 Å². The van der Waals surface area contributed by atoms with Crippen LogP contribution >= 0.6 is 0 Å². The molecule has 2 aromatic rings. The number of ether oxygens (including phenoxy) is 1. The third-order valence-corrected chi connectivity index (χ3v) is 7.63. The van der Waals surface area contributed by atoms with E-state index in [9.17, 15) is 9.90 Å². The van der Waals surface area contributed by atoms with E-state index in [0.717, 1.165) is 45.7 Å². The zero-order valence-corrected chi connectivity index (χ0v) is 22.8. The Kier molecular flexibility index (Phi) is 8.13. The molecule has 1 amide bonds. The van der Waals surface area contributed by atoms with Crippen molar-refractivity contribution in [2.75, 3.05) is 69.2 Å². The SMILES string of the molecule is CC(C)(C)N1CCN(c2nc(NC3COC3)cc(C(=O)NC[C@H](O)CN3CCc4ccccc4C3)n2)CC1. The number of β-amino-alcohol motifs (C(OH)–C–C–N with tert-alkyl or cyclic N) is 1. The fraction of sp³-hybridized carbons (Fsp3) is 0.607. The van der Waals surface area contributed by atoms with Gasteiger partial charge in [0.1, 0.15) is 11.5 Å². The number of aromatic nitrogens is 2. The van der Waals surface area contributed by atoms with Crippen LogP contribution in [0.15, 0.2) is 30.3 Å². The van der Waals surface area contributed by atoms with Crippen LogP contribution in [0.25, 0.3) is 0 Å². The van der Waals surface area contributed by atoms with Gasteiger partial charge in [0.25, 0.3) is 5.91 Å². The molecule has 38 heavy (non-hydrogen) atoms. The van der Waals surface area contributed by atoms with E-state index in [0.29, 0.717) is 37.2 Å². The fourth-order valence-electron chi connectivity index (χ4n) is 5.25. The van der Waals surface area contributed by atoms with Crippen LogP contribution in [0.4, 0.5) is 11.8 Å². The number of carbonyl (C=O) groups excluding carboxylic acids is 1. The summed E-state index contributed by atoms with van der Waals surface area (Å²) in [4.78, 5) is 29.3. The topological polar surface area (TPSA) is 106 Å². The van der Waals surface area contributed by atoms with Crippen molar-refractivity contribution in [3.63, 3.8) is 0 Å². The molecule has 2 fully saturated rings. The van der Waals surface area contributed by atoms with Gasteiger partial charge >= 0.3 is 0 Å². The second-order valence-corrected chi connectivity index (χ2v) is 11.6. The molecule has 3 aliphatic rings. The van der Waals surface area contributed by atoms with Crippen molar-refractivity contribution in [3.05, 3.63) is 47.2 Å². The lowest BCUT2D eigenvalue weighted by molar-refractivity contribution is 0.0209. The van der Waals surface area contributed by atoms with Gasteiger partial charge in [-0.1, -0.05) is 24.3 Å².